The zero-order valence-electron chi connectivity index (χ0n) is 38.6. The maximum absolute atomic E-state index is 16.6. The monoisotopic (exact) mass is 939 g/mol. The van der Waals surface area contributed by atoms with Crippen molar-refractivity contribution in [3.05, 3.63) is 191 Å². The van der Waals surface area contributed by atoms with Crippen LogP contribution in [0.3, 0.4) is 0 Å². The fourth-order valence-corrected chi connectivity index (χ4v) is 11.5. The van der Waals surface area contributed by atoms with E-state index in [4.69, 9.17) is 18.9 Å². The van der Waals surface area contributed by atoms with E-state index in [0.717, 1.165) is 22.3 Å². The van der Waals surface area contributed by atoms with Crippen molar-refractivity contribution in [2.24, 2.45) is 5.92 Å². The van der Waals surface area contributed by atoms with E-state index in [0.29, 0.717) is 66.8 Å². The molecule has 11 rings (SSSR count). The quantitative estimate of drug-likeness (QED) is 0.126. The number of carbonyl (C=O) groups excluding carboxylic acids is 4. The number of carbonyl (C=O) groups is 4. The lowest BCUT2D eigenvalue weighted by Gasteiger charge is -2.46. The Balaban J connectivity index is 1.09. The highest BCUT2D eigenvalue weighted by Gasteiger charge is 2.76. The number of para-hydroxylation sites is 2. The number of aliphatic hydroxyl groups is 1. The molecule has 14 heteroatoms. The number of rotatable bonds is 11. The number of esters is 1. The maximum Gasteiger partial charge on any atom is 0.329 e. The van der Waals surface area contributed by atoms with E-state index in [2.05, 4.69) is 10.2 Å². The standard InChI is InChI=1S/C56H53N5O9/c1-36(38-15-5-2-6-16-38)57-55(66)60-43-23-13-12-22-42(43)56(54(60)65)47(52(63)59-29-27-58(28-30-59)34-37-25-26-45-46(33-37)69-35-68-45)49-53(64)70-50(40-19-9-4-10-20-40)48(39-17-7-3-8-18-39)61(49)51(56)41-21-11-14-24-44(41)67-32-31-62/h2-26,33,36,47-51,62H,27-32,34-35H2,1H3,(H,57,66)/t36-,47-,48-,49-,50+,51+,56-/m1/s1. The molecule has 7 atom stereocenters. The summed E-state index contributed by atoms with van der Waals surface area (Å²) in [5.74, 6) is -1.37. The molecule has 0 unspecified atom stereocenters. The Morgan fingerprint density at radius 2 is 1.41 bits per heavy atom. The van der Waals surface area contributed by atoms with Gasteiger partial charge in [0.2, 0.25) is 18.6 Å². The molecule has 3 saturated heterocycles. The van der Waals surface area contributed by atoms with Gasteiger partial charge >= 0.3 is 12.0 Å². The van der Waals surface area contributed by atoms with Crippen molar-refractivity contribution >= 4 is 29.5 Å². The van der Waals surface area contributed by atoms with Gasteiger partial charge in [0.25, 0.3) is 0 Å². The number of cyclic esters (lactones) is 1. The first-order chi connectivity index (χ1) is 34.3. The van der Waals surface area contributed by atoms with E-state index in [1.807, 2.05) is 145 Å². The summed E-state index contributed by atoms with van der Waals surface area (Å²) in [6.45, 7) is 3.93. The average molecular weight is 940 g/mol. The average Bonchev–Trinajstić information content (AvgIpc) is 4.07. The molecule has 5 aliphatic heterocycles. The van der Waals surface area contributed by atoms with Crippen LogP contribution in [0.4, 0.5) is 10.5 Å². The Labute approximate surface area is 405 Å². The number of piperazine rings is 1. The fourth-order valence-electron chi connectivity index (χ4n) is 11.5. The predicted molar refractivity (Wildman–Crippen MR) is 259 cm³/mol. The summed E-state index contributed by atoms with van der Waals surface area (Å²) in [7, 11) is 0. The van der Waals surface area contributed by atoms with Crippen molar-refractivity contribution in [1.82, 2.24) is 20.0 Å². The molecule has 0 radical (unpaired) electrons. The lowest BCUT2D eigenvalue weighted by molar-refractivity contribution is -0.179. The van der Waals surface area contributed by atoms with Gasteiger partial charge in [0, 0.05) is 38.3 Å². The second kappa shape index (κ2) is 18.8. The molecule has 5 heterocycles. The summed E-state index contributed by atoms with van der Waals surface area (Å²) in [5, 5.41) is 13.2. The van der Waals surface area contributed by atoms with Crippen LogP contribution in [0.1, 0.15) is 64.5 Å². The minimum absolute atomic E-state index is 0.0632. The van der Waals surface area contributed by atoms with Gasteiger partial charge in [0.05, 0.1) is 36.3 Å². The lowest BCUT2D eigenvalue weighted by Crippen LogP contribution is -2.59. The number of hydrogen-bond acceptors (Lipinski definition) is 11. The van der Waals surface area contributed by atoms with Gasteiger partial charge in [-0.25, -0.2) is 9.69 Å². The van der Waals surface area contributed by atoms with Crippen molar-refractivity contribution < 1.29 is 43.2 Å². The van der Waals surface area contributed by atoms with Crippen molar-refractivity contribution in [1.29, 1.82) is 0 Å². The minimum Gasteiger partial charge on any atom is -0.491 e. The molecule has 6 aromatic carbocycles. The molecule has 5 aliphatic rings. The Kier molecular flexibility index (Phi) is 12.0. The van der Waals surface area contributed by atoms with Gasteiger partial charge in [-0.1, -0.05) is 133 Å². The number of anilines is 1. The first-order valence-electron chi connectivity index (χ1n) is 23.9. The first kappa shape index (κ1) is 45.0. The van der Waals surface area contributed by atoms with Gasteiger partial charge in [-0.2, -0.15) is 0 Å². The van der Waals surface area contributed by atoms with E-state index in [9.17, 15) is 5.11 Å². The highest BCUT2D eigenvalue weighted by Crippen LogP contribution is 2.67. The Hall–Kier alpha value is -7.52. The molecule has 2 N–H and O–H groups in total. The second-order valence-electron chi connectivity index (χ2n) is 18.4. The minimum atomic E-state index is -1.93. The summed E-state index contributed by atoms with van der Waals surface area (Å²) >= 11 is 0. The highest BCUT2D eigenvalue weighted by atomic mass is 16.7. The summed E-state index contributed by atoms with van der Waals surface area (Å²) in [6, 6.07) is 44.6. The predicted octanol–water partition coefficient (Wildman–Crippen LogP) is 7.27. The van der Waals surface area contributed by atoms with Crippen LogP contribution in [0.2, 0.25) is 0 Å². The van der Waals surface area contributed by atoms with Crippen molar-refractivity contribution in [3.63, 3.8) is 0 Å². The molecule has 3 fully saturated rings. The molecule has 1 spiro atoms. The third-order valence-corrected chi connectivity index (χ3v) is 14.6. The van der Waals surface area contributed by atoms with Gasteiger partial charge < -0.3 is 34.3 Å². The summed E-state index contributed by atoms with van der Waals surface area (Å²) in [6.07, 6.45) is -0.885. The van der Waals surface area contributed by atoms with E-state index < -0.39 is 65.4 Å². The number of benzene rings is 6. The number of aliphatic hydroxyl groups excluding tert-OH is 1. The van der Waals surface area contributed by atoms with Crippen LogP contribution in [0.15, 0.2) is 158 Å². The van der Waals surface area contributed by atoms with Gasteiger partial charge in [-0.15, -0.1) is 0 Å². The summed E-state index contributed by atoms with van der Waals surface area (Å²) in [5.41, 5.74) is 2.70. The van der Waals surface area contributed by atoms with Crippen LogP contribution < -0.4 is 24.4 Å². The van der Waals surface area contributed by atoms with E-state index >= 15 is 19.2 Å². The molecular weight excluding hydrogens is 887 g/mol. The van der Waals surface area contributed by atoms with Crippen molar-refractivity contribution in [2.75, 3.05) is 51.1 Å². The van der Waals surface area contributed by atoms with Gasteiger partial charge in [-0.05, 0) is 59.0 Å². The third-order valence-electron chi connectivity index (χ3n) is 14.6. The topological polar surface area (TPSA) is 150 Å². The fraction of sp³-hybridized carbons (Fsp3) is 0.286. The Morgan fingerprint density at radius 1 is 0.757 bits per heavy atom. The number of urea groups is 1. The van der Waals surface area contributed by atoms with E-state index in [1.165, 1.54) is 4.90 Å². The zero-order valence-corrected chi connectivity index (χ0v) is 38.6. The maximum atomic E-state index is 16.6. The van der Waals surface area contributed by atoms with Crippen LogP contribution in [0, 0.1) is 5.92 Å². The van der Waals surface area contributed by atoms with Crippen LogP contribution in [0.25, 0.3) is 0 Å². The molecule has 4 amide bonds. The third kappa shape index (κ3) is 7.63. The van der Waals surface area contributed by atoms with E-state index in [1.54, 1.807) is 29.2 Å². The van der Waals surface area contributed by atoms with Crippen LogP contribution in [-0.4, -0.2) is 95.8 Å². The normalized spacial score (nSPS) is 24.2. The molecule has 0 aliphatic carbocycles. The number of hydrogen-bond donors (Lipinski definition) is 2. The van der Waals surface area contributed by atoms with Crippen molar-refractivity contribution in [3.8, 4) is 17.2 Å². The van der Waals surface area contributed by atoms with Gasteiger partial charge in [0.15, 0.2) is 11.5 Å². The first-order valence-corrected chi connectivity index (χ1v) is 23.9. The number of fused-ring (bicyclic) bond motifs is 4. The number of imide groups is 1. The van der Waals surface area contributed by atoms with Gasteiger partial charge in [-0.3, -0.25) is 24.2 Å². The van der Waals surface area contributed by atoms with Gasteiger partial charge in [0.1, 0.15) is 29.9 Å². The van der Waals surface area contributed by atoms with Crippen LogP contribution in [0.5, 0.6) is 17.2 Å². The molecule has 70 heavy (non-hydrogen) atoms. The van der Waals surface area contributed by atoms with E-state index in [-0.39, 0.29) is 20.0 Å². The molecule has 0 bridgehead atoms. The van der Waals surface area contributed by atoms with Crippen LogP contribution >= 0.6 is 0 Å². The summed E-state index contributed by atoms with van der Waals surface area (Å²) < 4.78 is 24.2. The molecule has 14 nitrogen and oxygen atoms in total. The SMILES string of the molecule is C[C@@H](NC(=O)N1C(=O)[C@@]2(c3ccccc31)[C@H](c1ccccc1OCCO)N1[C@H](c3ccccc3)[C@H](c3ccccc3)OC(=O)[C@H]1[C@@H]2C(=O)N1CCN(Cc2ccc3c(c2)OCO3)CC1)c1ccccc1. The number of amides is 4. The Morgan fingerprint density at radius 3 is 2.16 bits per heavy atom. The lowest BCUT2D eigenvalue weighted by atomic mass is 9.65. The number of ether oxygens (including phenoxy) is 4. The molecule has 356 valence electrons. The largest absolute Gasteiger partial charge is 0.491 e. The second-order valence-corrected chi connectivity index (χ2v) is 18.4. The zero-order chi connectivity index (χ0) is 47.9. The number of nitrogens with one attached hydrogen (secondary N) is 1. The summed E-state index contributed by atoms with van der Waals surface area (Å²) in [4.78, 5) is 70.7. The molecular formula is C56H53N5O9. The van der Waals surface area contributed by atoms with Crippen LogP contribution in [-0.2, 0) is 31.1 Å². The Bertz CT molecular complexity index is 2920. The smallest absolute Gasteiger partial charge is 0.329 e. The number of nitrogens with zero attached hydrogens (tertiary/aromatic N) is 4. The molecule has 0 saturated carbocycles. The molecule has 0 aromatic heterocycles. The molecule has 6 aromatic rings. The number of morpholine rings is 1. The van der Waals surface area contributed by atoms with Crippen molar-refractivity contribution in [2.45, 2.75) is 49.2 Å². The highest BCUT2D eigenvalue weighted by molar-refractivity contribution is 6.24.